The van der Waals surface area contributed by atoms with Crippen molar-refractivity contribution < 1.29 is 4.74 Å². The maximum Gasteiger partial charge on any atom is 0.139 e. The molecule has 5 nitrogen and oxygen atoms in total. The van der Waals surface area contributed by atoms with E-state index in [4.69, 9.17) is 4.74 Å². The molecule has 6 heteroatoms. The van der Waals surface area contributed by atoms with Gasteiger partial charge >= 0.3 is 0 Å². The summed E-state index contributed by atoms with van der Waals surface area (Å²) in [5.41, 5.74) is 2.00. The van der Waals surface area contributed by atoms with E-state index in [9.17, 15) is 0 Å². The highest BCUT2D eigenvalue weighted by Gasteiger charge is 2.12. The van der Waals surface area contributed by atoms with Crippen LogP contribution >= 0.6 is 0 Å². The largest absolute Gasteiger partial charge is 0.360 e. The van der Waals surface area contributed by atoms with Crippen molar-refractivity contribution in [3.8, 4) is 11.3 Å². The fraction of sp³-hybridized carbons (Fsp3) is 0.462. The Morgan fingerprint density at radius 2 is 2.00 bits per heavy atom. The Hall–Kier alpha value is -1.53. The first-order chi connectivity index (χ1) is 9.06. The Balaban J connectivity index is 1.94. The summed E-state index contributed by atoms with van der Waals surface area (Å²) in [6.45, 7) is 8.31. The third-order valence-electron chi connectivity index (χ3n) is 2.81. The summed E-state index contributed by atoms with van der Waals surface area (Å²) in [4.78, 5) is 0. The molecule has 0 saturated carbocycles. The Bertz CT molecular complexity index is 507. The van der Waals surface area contributed by atoms with Gasteiger partial charge in [-0.1, -0.05) is 19.6 Å². The lowest BCUT2D eigenvalue weighted by molar-refractivity contribution is 0.0798. The van der Waals surface area contributed by atoms with Gasteiger partial charge in [-0.2, -0.15) is 15.3 Å². The van der Waals surface area contributed by atoms with Crippen LogP contribution in [-0.2, 0) is 11.5 Å². The van der Waals surface area contributed by atoms with Gasteiger partial charge < -0.3 is 4.74 Å². The van der Waals surface area contributed by atoms with Gasteiger partial charge in [0, 0.05) is 26.4 Å². The van der Waals surface area contributed by atoms with E-state index in [0.717, 1.165) is 17.9 Å². The van der Waals surface area contributed by atoms with Crippen LogP contribution in [0.3, 0.4) is 0 Å². The van der Waals surface area contributed by atoms with E-state index in [2.05, 4.69) is 34.9 Å². The van der Waals surface area contributed by atoms with Gasteiger partial charge in [0.15, 0.2) is 0 Å². The maximum atomic E-state index is 5.72. The lowest BCUT2D eigenvalue weighted by Crippen LogP contribution is -2.22. The average Bonchev–Trinajstić information content (AvgIpc) is 2.83. The molecule has 2 aromatic rings. The van der Waals surface area contributed by atoms with Crippen molar-refractivity contribution in [3.05, 3.63) is 30.7 Å². The fourth-order valence-corrected chi connectivity index (χ4v) is 2.41. The average molecular weight is 276 g/mol. The van der Waals surface area contributed by atoms with Crippen LogP contribution < -0.4 is 0 Å². The quantitative estimate of drug-likeness (QED) is 0.601. The van der Waals surface area contributed by atoms with Crippen molar-refractivity contribution in [1.82, 2.24) is 20.0 Å². The maximum absolute atomic E-state index is 5.72. The highest BCUT2D eigenvalue weighted by Crippen LogP contribution is 2.17. The Morgan fingerprint density at radius 1 is 1.16 bits per heavy atom. The number of hydrogen-bond acceptors (Lipinski definition) is 4. The van der Waals surface area contributed by atoms with Crippen molar-refractivity contribution in [2.75, 3.05) is 6.61 Å². The summed E-state index contributed by atoms with van der Waals surface area (Å²) in [5.74, 6) is 0. The Labute approximate surface area is 114 Å². The van der Waals surface area contributed by atoms with E-state index in [1.807, 2.05) is 16.8 Å². The number of ether oxygens (including phenoxy) is 1. The third-order valence-corrected chi connectivity index (χ3v) is 4.51. The normalized spacial score (nSPS) is 11.7. The van der Waals surface area contributed by atoms with E-state index in [0.29, 0.717) is 6.73 Å². The molecule has 0 spiro atoms. The smallest absolute Gasteiger partial charge is 0.139 e. The van der Waals surface area contributed by atoms with Crippen LogP contribution in [0.1, 0.15) is 0 Å². The molecule has 0 radical (unpaired) electrons. The van der Waals surface area contributed by atoms with Crippen molar-refractivity contribution in [2.24, 2.45) is 0 Å². The zero-order chi connectivity index (χ0) is 13.7. The number of nitrogens with zero attached hydrogens (tertiary/aromatic N) is 4. The first kappa shape index (κ1) is 13.9. The topological polar surface area (TPSA) is 52.8 Å². The van der Waals surface area contributed by atoms with Crippen LogP contribution in [0.5, 0.6) is 0 Å². The van der Waals surface area contributed by atoms with Gasteiger partial charge in [-0.15, -0.1) is 0 Å². The molecule has 19 heavy (non-hydrogen) atoms. The highest BCUT2D eigenvalue weighted by molar-refractivity contribution is 6.76. The second-order valence-electron chi connectivity index (χ2n) is 5.70. The van der Waals surface area contributed by atoms with Gasteiger partial charge in [0.2, 0.25) is 0 Å². The molecular formula is C13H20N4OSi. The molecular weight excluding hydrogens is 256 g/mol. The zero-order valence-corrected chi connectivity index (χ0v) is 12.7. The molecule has 0 aliphatic rings. The summed E-state index contributed by atoms with van der Waals surface area (Å²) in [5, 5.41) is 11.9. The molecule has 0 saturated heterocycles. The fourth-order valence-electron chi connectivity index (χ4n) is 1.65. The summed E-state index contributed by atoms with van der Waals surface area (Å²) in [6, 6.07) is 5.04. The van der Waals surface area contributed by atoms with Crippen LogP contribution in [0, 0.1) is 0 Å². The molecule has 0 N–H and O–H groups in total. The first-order valence-corrected chi connectivity index (χ1v) is 10.1. The van der Waals surface area contributed by atoms with Crippen molar-refractivity contribution in [3.63, 3.8) is 0 Å². The number of rotatable bonds is 6. The monoisotopic (exact) mass is 276 g/mol. The van der Waals surface area contributed by atoms with Gasteiger partial charge in [-0.05, 0) is 18.2 Å². The van der Waals surface area contributed by atoms with Crippen LogP contribution in [-0.4, -0.2) is 34.7 Å². The first-order valence-electron chi connectivity index (χ1n) is 6.43. The molecule has 0 aliphatic carbocycles. The van der Waals surface area contributed by atoms with Crippen LogP contribution in [0.2, 0.25) is 25.7 Å². The minimum atomic E-state index is -1.03. The number of hydrogen-bond donors (Lipinski definition) is 0. The standard InChI is InChI=1S/C13H20N4OSi/c1-19(2,3)9-8-18-11-17-13(5-7-16-17)12-4-6-14-15-10-12/h4-7,10H,8-9,11H2,1-3H3. The molecule has 0 bridgehead atoms. The summed E-state index contributed by atoms with van der Waals surface area (Å²) < 4.78 is 7.56. The summed E-state index contributed by atoms with van der Waals surface area (Å²) in [7, 11) is -1.03. The van der Waals surface area contributed by atoms with E-state index in [1.165, 1.54) is 6.04 Å². The van der Waals surface area contributed by atoms with Crippen molar-refractivity contribution >= 4 is 8.07 Å². The molecule has 2 rings (SSSR count). The van der Waals surface area contributed by atoms with Crippen molar-refractivity contribution in [2.45, 2.75) is 32.4 Å². The molecule has 0 fully saturated rings. The summed E-state index contributed by atoms with van der Waals surface area (Å²) >= 11 is 0. The van der Waals surface area contributed by atoms with E-state index >= 15 is 0 Å². The highest BCUT2D eigenvalue weighted by atomic mass is 28.3. The van der Waals surface area contributed by atoms with Crippen molar-refractivity contribution in [1.29, 1.82) is 0 Å². The van der Waals surface area contributed by atoms with Gasteiger partial charge in [0.1, 0.15) is 6.73 Å². The second kappa shape index (κ2) is 6.07. The predicted octanol–water partition coefficient (Wildman–Crippen LogP) is 2.65. The number of aromatic nitrogens is 4. The summed E-state index contributed by atoms with van der Waals surface area (Å²) in [6.07, 6.45) is 5.19. The Kier molecular flexibility index (Phi) is 4.44. The zero-order valence-electron chi connectivity index (χ0n) is 11.7. The van der Waals surface area contributed by atoms with Gasteiger partial charge in [0.25, 0.3) is 0 Å². The molecule has 0 aromatic carbocycles. The van der Waals surface area contributed by atoms with Crippen LogP contribution in [0.25, 0.3) is 11.3 Å². The minimum Gasteiger partial charge on any atom is -0.360 e. The molecule has 102 valence electrons. The van der Waals surface area contributed by atoms with Gasteiger partial charge in [0.05, 0.1) is 18.1 Å². The SMILES string of the molecule is C[Si](C)(C)CCOCn1nccc1-c1ccnnc1. The van der Waals surface area contributed by atoms with E-state index in [1.54, 1.807) is 18.6 Å². The van der Waals surface area contributed by atoms with Crippen LogP contribution in [0.4, 0.5) is 0 Å². The molecule has 0 atom stereocenters. The lowest BCUT2D eigenvalue weighted by atomic mass is 10.2. The van der Waals surface area contributed by atoms with E-state index < -0.39 is 8.07 Å². The van der Waals surface area contributed by atoms with E-state index in [-0.39, 0.29) is 0 Å². The molecule has 0 aliphatic heterocycles. The Morgan fingerprint density at radius 3 is 2.68 bits per heavy atom. The lowest BCUT2D eigenvalue weighted by Gasteiger charge is -2.15. The van der Waals surface area contributed by atoms with Gasteiger partial charge in [-0.3, -0.25) is 0 Å². The molecule has 2 aromatic heterocycles. The third kappa shape index (κ3) is 4.25. The molecule has 2 heterocycles. The minimum absolute atomic E-state index is 0.481. The predicted molar refractivity (Wildman–Crippen MR) is 77.4 cm³/mol. The van der Waals surface area contributed by atoms with Crippen LogP contribution in [0.15, 0.2) is 30.7 Å². The molecule has 0 amide bonds. The van der Waals surface area contributed by atoms with Gasteiger partial charge in [-0.25, -0.2) is 4.68 Å². The second-order valence-corrected chi connectivity index (χ2v) is 11.3. The molecule has 0 unspecified atom stereocenters.